The van der Waals surface area contributed by atoms with Gasteiger partial charge in [-0.1, -0.05) is 6.92 Å². The van der Waals surface area contributed by atoms with Crippen LogP contribution in [0.3, 0.4) is 0 Å². The number of benzene rings is 1. The van der Waals surface area contributed by atoms with E-state index in [0.29, 0.717) is 12.5 Å². The molecule has 0 spiro atoms. The minimum absolute atomic E-state index is 0.0328. The molecule has 11 heteroatoms. The van der Waals surface area contributed by atoms with Gasteiger partial charge in [0.25, 0.3) is 5.91 Å². The van der Waals surface area contributed by atoms with Gasteiger partial charge in [0.2, 0.25) is 5.78 Å². The number of carbonyl (C=O) groups is 3. The van der Waals surface area contributed by atoms with E-state index < -0.39 is 69.6 Å². The lowest BCUT2D eigenvalue weighted by Gasteiger charge is -2.50. The number of likely N-dealkylation sites (N-methyl/N-ethyl adjacent to an activating group) is 1. The molecular weight excluding hydrogens is 533 g/mol. The second-order valence-corrected chi connectivity index (χ2v) is 12.6. The third-order valence-corrected chi connectivity index (χ3v) is 10.2. The van der Waals surface area contributed by atoms with Gasteiger partial charge in [-0.2, -0.15) is 0 Å². The lowest BCUT2D eigenvalue weighted by Crippen LogP contribution is -2.63. The van der Waals surface area contributed by atoms with Crippen LogP contribution in [0.1, 0.15) is 60.5 Å². The summed E-state index contributed by atoms with van der Waals surface area (Å²) in [4.78, 5) is 43.0. The molecule has 5 aliphatic carbocycles. The van der Waals surface area contributed by atoms with Crippen LogP contribution in [0.15, 0.2) is 28.7 Å². The molecule has 1 aromatic carbocycles. The third kappa shape index (κ3) is 3.74. The smallest absolute Gasteiger partial charge is 0.255 e. The van der Waals surface area contributed by atoms with Crippen LogP contribution in [0, 0.1) is 23.6 Å². The first-order chi connectivity index (χ1) is 19.3. The predicted octanol–water partition coefficient (Wildman–Crippen LogP) is 2.02. The van der Waals surface area contributed by atoms with E-state index in [-0.39, 0.29) is 40.6 Å². The average molecular weight is 570 g/mol. The van der Waals surface area contributed by atoms with Crippen LogP contribution in [0.25, 0.3) is 0 Å². The standard InChI is InChI=1S/C30H36FN3O7/c1-4-34(29(7-8-29)15-5-6-15)12-14-11-18(35)20-16(22(14)31)9-13-10-17-23(33(2)3)25(37)21(28(32)40)27(39)30(17,41)26(38)19(13)24(20)36/h11,13,15,17,23,35,37-38,41H,4-10,12H2,1-3H3,(H2,32,40)/t13-,17-,23-,30-/m0/s1. The van der Waals surface area contributed by atoms with Crippen molar-refractivity contribution in [2.45, 2.75) is 69.2 Å². The van der Waals surface area contributed by atoms with Crippen molar-refractivity contribution < 1.29 is 39.2 Å². The number of phenolic OH excluding ortho intramolecular Hbond substituents is 1. The zero-order valence-corrected chi connectivity index (χ0v) is 23.4. The Hall–Kier alpha value is -3.28. The number of aliphatic hydroxyl groups excluding tert-OH is 2. The number of aromatic hydroxyl groups is 1. The molecule has 2 fully saturated rings. The zero-order chi connectivity index (χ0) is 29.8. The molecule has 5 aliphatic rings. The van der Waals surface area contributed by atoms with Gasteiger partial charge in [0.15, 0.2) is 11.4 Å². The van der Waals surface area contributed by atoms with Crippen LogP contribution >= 0.6 is 0 Å². The Kier molecular flexibility index (Phi) is 6.19. The fourth-order valence-corrected chi connectivity index (χ4v) is 7.99. The number of phenols is 1. The summed E-state index contributed by atoms with van der Waals surface area (Å²) in [5, 5.41) is 44.9. The number of ketones is 2. The number of hydrogen-bond donors (Lipinski definition) is 5. The summed E-state index contributed by atoms with van der Waals surface area (Å²) in [7, 11) is 3.12. The summed E-state index contributed by atoms with van der Waals surface area (Å²) in [5.74, 6) is -7.45. The normalized spacial score (nSPS) is 30.5. The van der Waals surface area contributed by atoms with Crippen molar-refractivity contribution in [3.63, 3.8) is 0 Å². The molecule has 220 valence electrons. The number of hydrogen-bond acceptors (Lipinski definition) is 9. The van der Waals surface area contributed by atoms with Gasteiger partial charge in [-0.15, -0.1) is 0 Å². The summed E-state index contributed by atoms with van der Waals surface area (Å²) in [5.41, 5.74) is 1.56. The molecule has 0 saturated heterocycles. The molecule has 10 nitrogen and oxygen atoms in total. The van der Waals surface area contributed by atoms with Crippen LogP contribution < -0.4 is 5.73 Å². The Bertz CT molecular complexity index is 1460. The van der Waals surface area contributed by atoms with Gasteiger partial charge in [0, 0.05) is 34.7 Å². The van der Waals surface area contributed by atoms with E-state index >= 15 is 4.39 Å². The molecule has 1 amide bonds. The van der Waals surface area contributed by atoms with Crippen LogP contribution in [0.4, 0.5) is 4.39 Å². The molecule has 0 aliphatic heterocycles. The SMILES string of the molecule is CCN(Cc1cc(O)c2c(c1F)C[C@H]1C[C@H]3[C@H](N(C)C)C(O)=C(C(N)=O)C(=O)[C@@]3(O)C(O)=C1C2=O)C1(C2CC2)CC1. The van der Waals surface area contributed by atoms with Gasteiger partial charge in [-0.05, 0) is 77.1 Å². The summed E-state index contributed by atoms with van der Waals surface area (Å²) >= 11 is 0. The topological polar surface area (TPSA) is 165 Å². The van der Waals surface area contributed by atoms with Crippen molar-refractivity contribution in [3.8, 4) is 5.75 Å². The van der Waals surface area contributed by atoms with Crippen molar-refractivity contribution in [1.29, 1.82) is 0 Å². The van der Waals surface area contributed by atoms with E-state index in [4.69, 9.17) is 5.73 Å². The summed E-state index contributed by atoms with van der Waals surface area (Å²) in [6, 6.07) is 0.163. The quantitative estimate of drug-likeness (QED) is 0.309. The molecule has 0 bridgehead atoms. The van der Waals surface area contributed by atoms with Crippen LogP contribution in [-0.2, 0) is 22.6 Å². The van der Waals surface area contributed by atoms with Gasteiger partial charge in [-0.25, -0.2) is 4.39 Å². The molecule has 0 unspecified atom stereocenters. The first-order valence-corrected chi connectivity index (χ1v) is 14.2. The molecule has 0 aromatic heterocycles. The first-order valence-electron chi connectivity index (χ1n) is 14.2. The predicted molar refractivity (Wildman–Crippen MR) is 144 cm³/mol. The van der Waals surface area contributed by atoms with Crippen molar-refractivity contribution in [2.24, 2.45) is 23.5 Å². The van der Waals surface area contributed by atoms with Gasteiger partial charge in [0.1, 0.15) is 28.7 Å². The Morgan fingerprint density at radius 3 is 2.37 bits per heavy atom. The van der Waals surface area contributed by atoms with E-state index in [9.17, 15) is 34.8 Å². The van der Waals surface area contributed by atoms with E-state index in [1.54, 1.807) is 14.1 Å². The summed E-state index contributed by atoms with van der Waals surface area (Å²) in [6.45, 7) is 3.05. The zero-order valence-electron chi connectivity index (χ0n) is 23.4. The van der Waals surface area contributed by atoms with Crippen LogP contribution in [-0.4, -0.2) is 85.5 Å². The van der Waals surface area contributed by atoms with E-state index in [0.717, 1.165) is 19.4 Å². The number of rotatable bonds is 7. The molecule has 0 radical (unpaired) electrons. The highest BCUT2D eigenvalue weighted by molar-refractivity contribution is 6.24. The van der Waals surface area contributed by atoms with Crippen molar-refractivity contribution >= 4 is 17.5 Å². The molecule has 6 rings (SSSR count). The van der Waals surface area contributed by atoms with Crippen LogP contribution in [0.2, 0.25) is 0 Å². The van der Waals surface area contributed by atoms with Crippen molar-refractivity contribution in [2.75, 3.05) is 20.6 Å². The number of aliphatic hydroxyl groups is 3. The first kappa shape index (κ1) is 27.9. The molecule has 4 atom stereocenters. The van der Waals surface area contributed by atoms with E-state index in [1.807, 2.05) is 6.92 Å². The molecule has 6 N–H and O–H groups in total. The maximum absolute atomic E-state index is 16.2. The number of fused-ring (bicyclic) bond motifs is 3. The lowest BCUT2D eigenvalue weighted by molar-refractivity contribution is -0.148. The average Bonchev–Trinajstić information content (AvgIpc) is 3.80. The maximum atomic E-state index is 16.2. The number of halogens is 1. The summed E-state index contributed by atoms with van der Waals surface area (Å²) in [6.07, 6.45) is 4.31. The Morgan fingerprint density at radius 2 is 1.83 bits per heavy atom. The number of nitrogens with two attached hydrogens (primary N) is 1. The number of carbonyl (C=O) groups excluding carboxylic acids is 3. The Balaban J connectivity index is 1.43. The number of Topliss-reactive ketones (excluding diaryl/α,β-unsaturated/α-hetero) is 2. The van der Waals surface area contributed by atoms with Gasteiger partial charge in [-0.3, -0.25) is 24.2 Å². The van der Waals surface area contributed by atoms with E-state index in [2.05, 4.69) is 4.90 Å². The number of primary amides is 1. The fourth-order valence-electron chi connectivity index (χ4n) is 7.99. The highest BCUT2D eigenvalue weighted by Gasteiger charge is 2.63. The van der Waals surface area contributed by atoms with Gasteiger partial charge >= 0.3 is 0 Å². The number of amides is 1. The van der Waals surface area contributed by atoms with Gasteiger partial charge in [0.05, 0.1) is 11.6 Å². The Labute approximate surface area is 236 Å². The number of allylic oxidation sites excluding steroid dienone is 1. The van der Waals surface area contributed by atoms with Crippen molar-refractivity contribution in [1.82, 2.24) is 9.80 Å². The fraction of sp³-hybridized carbons (Fsp3) is 0.567. The van der Waals surface area contributed by atoms with E-state index in [1.165, 1.54) is 23.8 Å². The highest BCUT2D eigenvalue weighted by Crippen LogP contribution is 2.58. The van der Waals surface area contributed by atoms with Crippen LogP contribution in [0.5, 0.6) is 5.75 Å². The monoisotopic (exact) mass is 569 g/mol. The van der Waals surface area contributed by atoms with Crippen molar-refractivity contribution in [3.05, 3.63) is 51.2 Å². The minimum atomic E-state index is -2.72. The second-order valence-electron chi connectivity index (χ2n) is 12.6. The highest BCUT2D eigenvalue weighted by atomic mass is 19.1. The molecular formula is C30H36FN3O7. The maximum Gasteiger partial charge on any atom is 0.255 e. The second kappa shape index (κ2) is 9.11. The molecule has 2 saturated carbocycles. The molecule has 1 aromatic rings. The van der Waals surface area contributed by atoms with Gasteiger partial charge < -0.3 is 26.2 Å². The Morgan fingerprint density at radius 1 is 1.17 bits per heavy atom. The summed E-state index contributed by atoms with van der Waals surface area (Å²) < 4.78 is 16.2. The lowest BCUT2D eigenvalue weighted by atomic mass is 9.58. The molecule has 0 heterocycles. The largest absolute Gasteiger partial charge is 0.510 e. The molecule has 41 heavy (non-hydrogen) atoms. The third-order valence-electron chi connectivity index (χ3n) is 10.2. The number of nitrogens with zero attached hydrogens (tertiary/aromatic N) is 2. The minimum Gasteiger partial charge on any atom is -0.510 e.